The molecule has 1 unspecified atom stereocenters. The lowest BCUT2D eigenvalue weighted by atomic mass is 10.0. The first-order valence-electron chi connectivity index (χ1n) is 18.2. The summed E-state index contributed by atoms with van der Waals surface area (Å²) in [7, 11) is 0. The van der Waals surface area contributed by atoms with Gasteiger partial charge in [0.05, 0.1) is 19.3 Å². The Hall–Kier alpha value is -5.24. The van der Waals surface area contributed by atoms with Gasteiger partial charge < -0.3 is 51.2 Å². The molecule has 11 N–H and O–H groups in total. The van der Waals surface area contributed by atoms with Gasteiger partial charge >= 0.3 is 17.9 Å². The molecule has 1 heterocycles. The van der Waals surface area contributed by atoms with Crippen LogP contribution in [0.4, 0.5) is 26.8 Å². The van der Waals surface area contributed by atoms with E-state index in [-0.39, 0.29) is 18.3 Å². The first-order chi connectivity index (χ1) is 26.2. The number of hydrogen-bond acceptors (Lipinski definition) is 13. The Morgan fingerprint density at radius 3 is 2.11 bits per heavy atom. The minimum atomic E-state index is -1.76. The summed E-state index contributed by atoms with van der Waals surface area (Å²) in [5.41, 5.74) is -1.57. The summed E-state index contributed by atoms with van der Waals surface area (Å²) in [6.07, 6.45) is 1.83. The molecule has 1 saturated carbocycles. The average molecular weight is 774 g/mol. The Labute approximate surface area is 316 Å². The molecule has 0 spiro atoms. The van der Waals surface area contributed by atoms with Crippen LogP contribution in [-0.2, 0) is 25.7 Å². The molecule has 2 aliphatic carbocycles. The van der Waals surface area contributed by atoms with E-state index in [1.54, 1.807) is 26.0 Å². The zero-order valence-corrected chi connectivity index (χ0v) is 30.9. The van der Waals surface area contributed by atoms with Crippen molar-refractivity contribution in [3.63, 3.8) is 0 Å². The maximum atomic E-state index is 13.1. The number of fused-ring (bicyclic) bond motifs is 1. The quantitative estimate of drug-likeness (QED) is 0.0977. The molecule has 4 rings (SSSR count). The molecule has 0 bridgehead atoms. The fraction of sp³-hybridized carbons (Fsp3) is 0.556. The lowest BCUT2D eigenvalue weighted by Crippen LogP contribution is -2.53. The highest BCUT2D eigenvalue weighted by Gasteiger charge is 2.49. The molecule has 2 aliphatic rings. The van der Waals surface area contributed by atoms with E-state index in [4.69, 9.17) is 14.6 Å². The molecule has 19 nitrogen and oxygen atoms in total. The summed E-state index contributed by atoms with van der Waals surface area (Å²) >= 11 is 0. The predicted octanol–water partition coefficient (Wildman–Crippen LogP) is 0.485. The van der Waals surface area contributed by atoms with E-state index >= 15 is 0 Å². The number of H-pyrrole nitrogens is 2. The molecule has 4 amide bonds. The van der Waals surface area contributed by atoms with Crippen LogP contribution in [0, 0.1) is 23.7 Å². The van der Waals surface area contributed by atoms with E-state index in [1.807, 2.05) is 4.98 Å². The molecule has 0 radical (unpaired) electrons. The van der Waals surface area contributed by atoms with Crippen LogP contribution in [0.5, 0.6) is 0 Å². The summed E-state index contributed by atoms with van der Waals surface area (Å²) in [6.45, 7) is 3.75. The Morgan fingerprint density at radius 2 is 1.49 bits per heavy atom. The molecule has 55 heavy (non-hydrogen) atoms. The van der Waals surface area contributed by atoms with Gasteiger partial charge in [-0.1, -0.05) is 38.1 Å². The number of alkyl carbamates (subject to hydrolysis) is 1. The third-order valence-corrected chi connectivity index (χ3v) is 9.61. The van der Waals surface area contributed by atoms with Gasteiger partial charge in [-0.15, -0.1) is 0 Å². The van der Waals surface area contributed by atoms with Crippen LogP contribution < -0.4 is 37.8 Å². The fourth-order valence-corrected chi connectivity index (χ4v) is 6.34. The molecule has 1 aromatic heterocycles. The van der Waals surface area contributed by atoms with Crippen LogP contribution >= 0.6 is 0 Å². The van der Waals surface area contributed by atoms with Crippen LogP contribution in [0.2, 0.25) is 0 Å². The normalized spacial score (nSPS) is 20.8. The molecule has 1 fully saturated rings. The van der Waals surface area contributed by atoms with Crippen LogP contribution in [-0.4, -0.2) is 105 Å². The average Bonchev–Trinajstić information content (AvgIpc) is 3.79. The van der Waals surface area contributed by atoms with Crippen molar-refractivity contribution < 1.29 is 49.1 Å². The number of carbonyl (C=O) groups is 4. The van der Waals surface area contributed by atoms with Gasteiger partial charge in [-0.2, -0.15) is 0 Å². The van der Waals surface area contributed by atoms with Gasteiger partial charge in [0.2, 0.25) is 11.8 Å². The lowest BCUT2D eigenvalue weighted by molar-refractivity contribution is -0.128. The third-order valence-electron chi connectivity index (χ3n) is 9.61. The van der Waals surface area contributed by atoms with E-state index in [0.29, 0.717) is 35.6 Å². The van der Waals surface area contributed by atoms with E-state index < -0.39 is 84.5 Å². The maximum absolute atomic E-state index is 13.1. The highest BCUT2D eigenvalue weighted by atomic mass is 16.6. The number of aromatic nitrogens is 2. The number of anilines is 3. The second kappa shape index (κ2) is 19.9. The second-order valence-electron chi connectivity index (χ2n) is 14.0. The minimum Gasteiger partial charge on any atom is -0.449 e. The van der Waals surface area contributed by atoms with Crippen molar-refractivity contribution in [2.45, 2.75) is 83.5 Å². The molecule has 1 aromatic carbocycles. The van der Waals surface area contributed by atoms with Crippen molar-refractivity contribution >= 4 is 41.2 Å². The Bertz CT molecular complexity index is 1760. The van der Waals surface area contributed by atoms with Gasteiger partial charge in [-0.3, -0.25) is 29.7 Å². The van der Waals surface area contributed by atoms with E-state index in [2.05, 4.69) is 43.7 Å². The number of aliphatic hydroxyl groups excluding tert-OH is 4. The van der Waals surface area contributed by atoms with Crippen molar-refractivity contribution in [3.05, 3.63) is 62.8 Å². The number of carbonyl (C=O) groups excluding carboxylic acids is 4. The number of aliphatic hydroxyl groups is 4. The zero-order chi connectivity index (χ0) is 40.2. The van der Waals surface area contributed by atoms with Gasteiger partial charge in [0.15, 0.2) is 5.69 Å². The van der Waals surface area contributed by atoms with Crippen molar-refractivity contribution in [2.75, 3.05) is 35.7 Å². The standard InChI is InChI=1S/C36H51N7O12/c1-18(2)27(40-35(52)55-17-24-22-8-6-4-5-7-9-23(22)24)32(49)38-19(3)31(48)39-21-12-10-20(11-13-21)16-54-36(53)41-28-30(42-34(51)43-33(28)50)37-14-25(45)29(47)26(46)15-44/h4-5,10-13,18-19,22-27,29,44-47H,6-9,14-17H2,1-3H3,(H,38,49)(H,39,48)(H,40,52)(H,41,53)(H3,37,42,43,50,51)/b5-4-/t19-,22-,23+,24?,25-,26+,27-,29-/m0/s1. The molecule has 0 aliphatic heterocycles. The van der Waals surface area contributed by atoms with Crippen LogP contribution in [0.25, 0.3) is 0 Å². The number of hydrogen-bond donors (Lipinski definition) is 11. The van der Waals surface area contributed by atoms with Crippen molar-refractivity contribution in [1.82, 2.24) is 20.6 Å². The minimum absolute atomic E-state index is 0.272. The number of allylic oxidation sites excluding steroid dienone is 2. The molecule has 0 saturated heterocycles. The Kier molecular flexibility index (Phi) is 15.4. The molecular formula is C36H51N7O12. The summed E-state index contributed by atoms with van der Waals surface area (Å²) in [5.74, 6) is -0.222. The van der Waals surface area contributed by atoms with Gasteiger partial charge in [0.1, 0.15) is 36.7 Å². The largest absolute Gasteiger partial charge is 0.449 e. The highest BCUT2D eigenvalue weighted by Crippen LogP contribution is 2.52. The number of aromatic amines is 2. The van der Waals surface area contributed by atoms with Gasteiger partial charge in [0, 0.05) is 12.2 Å². The van der Waals surface area contributed by atoms with Gasteiger partial charge in [0.25, 0.3) is 5.56 Å². The molecule has 302 valence electrons. The zero-order valence-electron chi connectivity index (χ0n) is 30.9. The van der Waals surface area contributed by atoms with Crippen LogP contribution in [0.15, 0.2) is 46.0 Å². The van der Waals surface area contributed by atoms with E-state index in [1.165, 1.54) is 19.1 Å². The van der Waals surface area contributed by atoms with Gasteiger partial charge in [-0.05, 0) is 74.0 Å². The fourth-order valence-electron chi connectivity index (χ4n) is 6.34. The first-order valence-corrected chi connectivity index (χ1v) is 18.2. The summed E-state index contributed by atoms with van der Waals surface area (Å²) < 4.78 is 10.7. The molecule has 2 aromatic rings. The number of ether oxygens (including phenoxy) is 2. The summed E-state index contributed by atoms with van der Waals surface area (Å²) in [6, 6.07) is 4.29. The van der Waals surface area contributed by atoms with Gasteiger partial charge in [-0.25, -0.2) is 14.4 Å². The highest BCUT2D eigenvalue weighted by molar-refractivity contribution is 5.98. The third kappa shape index (κ3) is 12.4. The Morgan fingerprint density at radius 1 is 0.836 bits per heavy atom. The topological polar surface area (TPSA) is 294 Å². The van der Waals surface area contributed by atoms with Crippen LogP contribution in [0.3, 0.4) is 0 Å². The van der Waals surface area contributed by atoms with Crippen molar-refractivity contribution in [3.8, 4) is 0 Å². The number of amides is 4. The number of nitrogens with one attached hydrogen (secondary N) is 7. The van der Waals surface area contributed by atoms with Crippen LogP contribution in [0.1, 0.15) is 52.0 Å². The van der Waals surface area contributed by atoms with Crippen molar-refractivity contribution in [1.29, 1.82) is 0 Å². The maximum Gasteiger partial charge on any atom is 0.412 e. The Balaban J connectivity index is 1.22. The summed E-state index contributed by atoms with van der Waals surface area (Å²) in [4.78, 5) is 79.5. The molecule has 19 heteroatoms. The SMILES string of the molecule is CC(C)[C@H](NC(=O)OCC1[C@H]2CC/C=C\CC[C@@H]12)C(=O)N[C@@H](C)C(=O)Nc1ccc(COC(=O)Nc2c(NC[C@H](O)[C@H](O)[C@H](O)CO)[nH]c(=O)[nH]c2=O)cc1. The smallest absolute Gasteiger partial charge is 0.412 e. The second-order valence-corrected chi connectivity index (χ2v) is 14.0. The number of rotatable bonds is 17. The summed E-state index contributed by atoms with van der Waals surface area (Å²) in [5, 5.41) is 50.9. The van der Waals surface area contributed by atoms with E-state index in [0.717, 1.165) is 25.7 Å². The number of benzene rings is 1. The van der Waals surface area contributed by atoms with E-state index in [9.17, 15) is 44.1 Å². The molecular weight excluding hydrogens is 722 g/mol. The lowest BCUT2D eigenvalue weighted by Gasteiger charge is -2.23. The monoisotopic (exact) mass is 773 g/mol. The van der Waals surface area contributed by atoms with Crippen molar-refractivity contribution in [2.24, 2.45) is 23.7 Å². The predicted molar refractivity (Wildman–Crippen MR) is 199 cm³/mol. The first kappa shape index (κ1) is 42.5. The molecule has 8 atom stereocenters.